The van der Waals surface area contributed by atoms with Crippen LogP contribution in [0.25, 0.3) is 0 Å². The predicted molar refractivity (Wildman–Crippen MR) is 89.6 cm³/mol. The van der Waals surface area contributed by atoms with Crippen LogP contribution >= 0.6 is 34.2 Å². The quantitative estimate of drug-likeness (QED) is 0.344. The molecule has 6 nitrogen and oxygen atoms in total. The summed E-state index contributed by atoms with van der Waals surface area (Å²) in [5.74, 6) is -0.499. The molecule has 2 aromatic carbocycles. The standard InChI is InChI=1S/C13H9ClIN3O3/c14-10-5-7(6-11(12(10)16)18(20)21)13(19)17-9-3-1-8(15)2-4-9/h1-6H,16H2,(H,17,19). The molecule has 0 saturated carbocycles. The Morgan fingerprint density at radius 2 is 1.90 bits per heavy atom. The molecule has 0 bridgehead atoms. The molecule has 2 aromatic rings. The van der Waals surface area contributed by atoms with Crippen LogP contribution in [0.5, 0.6) is 0 Å². The minimum Gasteiger partial charge on any atom is -0.392 e. The number of nitrogen functional groups attached to an aromatic ring is 1. The number of nitrogens with zero attached hydrogens (tertiary/aromatic N) is 1. The lowest BCUT2D eigenvalue weighted by atomic mass is 10.1. The van der Waals surface area contributed by atoms with Gasteiger partial charge in [-0.25, -0.2) is 0 Å². The normalized spacial score (nSPS) is 10.2. The number of carbonyl (C=O) groups excluding carboxylic acids is 1. The summed E-state index contributed by atoms with van der Waals surface area (Å²) in [6.07, 6.45) is 0. The van der Waals surface area contributed by atoms with Crippen molar-refractivity contribution >= 4 is 57.2 Å². The highest BCUT2D eigenvalue weighted by molar-refractivity contribution is 14.1. The van der Waals surface area contributed by atoms with Gasteiger partial charge in [0.05, 0.1) is 9.95 Å². The van der Waals surface area contributed by atoms with Crippen LogP contribution < -0.4 is 11.1 Å². The molecule has 1 amide bonds. The zero-order chi connectivity index (χ0) is 15.6. The fourth-order valence-corrected chi connectivity index (χ4v) is 2.20. The van der Waals surface area contributed by atoms with E-state index in [-0.39, 0.29) is 16.3 Å². The van der Waals surface area contributed by atoms with Crippen molar-refractivity contribution < 1.29 is 9.72 Å². The molecule has 3 N–H and O–H groups in total. The van der Waals surface area contributed by atoms with Gasteiger partial charge in [0.2, 0.25) is 0 Å². The van der Waals surface area contributed by atoms with Gasteiger partial charge >= 0.3 is 0 Å². The summed E-state index contributed by atoms with van der Waals surface area (Å²) in [5.41, 5.74) is 5.61. The summed E-state index contributed by atoms with van der Waals surface area (Å²) >= 11 is 7.96. The first kappa shape index (κ1) is 15.5. The van der Waals surface area contributed by atoms with Crippen LogP contribution in [0.2, 0.25) is 5.02 Å². The lowest BCUT2D eigenvalue weighted by Gasteiger charge is -2.07. The second-order valence-corrected chi connectivity index (χ2v) is 5.76. The molecular formula is C13H9ClIN3O3. The number of carbonyl (C=O) groups is 1. The predicted octanol–water partition coefficient (Wildman–Crippen LogP) is 3.69. The van der Waals surface area contributed by atoms with Crippen LogP contribution in [0.4, 0.5) is 17.1 Å². The summed E-state index contributed by atoms with van der Waals surface area (Å²) in [6, 6.07) is 9.51. The first-order chi connectivity index (χ1) is 9.88. The van der Waals surface area contributed by atoms with E-state index in [9.17, 15) is 14.9 Å². The van der Waals surface area contributed by atoms with Gasteiger partial charge in [-0.2, -0.15) is 0 Å². The number of benzene rings is 2. The average Bonchev–Trinajstić information content (AvgIpc) is 2.43. The highest BCUT2D eigenvalue weighted by Gasteiger charge is 2.19. The molecule has 0 aliphatic carbocycles. The van der Waals surface area contributed by atoms with Crippen molar-refractivity contribution in [2.45, 2.75) is 0 Å². The average molecular weight is 418 g/mol. The maximum Gasteiger partial charge on any atom is 0.294 e. The summed E-state index contributed by atoms with van der Waals surface area (Å²) < 4.78 is 1.02. The van der Waals surface area contributed by atoms with E-state index in [1.165, 1.54) is 6.07 Å². The van der Waals surface area contributed by atoms with Gasteiger partial charge in [0.15, 0.2) is 0 Å². The third-order valence-corrected chi connectivity index (χ3v) is 3.70. The largest absolute Gasteiger partial charge is 0.392 e. The number of hydrogen-bond acceptors (Lipinski definition) is 4. The van der Waals surface area contributed by atoms with Crippen LogP contribution in [0.3, 0.4) is 0 Å². The zero-order valence-corrected chi connectivity index (χ0v) is 13.4. The Morgan fingerprint density at radius 3 is 2.48 bits per heavy atom. The van der Waals surface area contributed by atoms with Crippen LogP contribution in [-0.2, 0) is 0 Å². The van der Waals surface area contributed by atoms with Crippen LogP contribution in [0.15, 0.2) is 36.4 Å². The van der Waals surface area contributed by atoms with E-state index in [0.717, 1.165) is 9.64 Å². The minimum atomic E-state index is -0.678. The Morgan fingerprint density at radius 1 is 1.29 bits per heavy atom. The van der Waals surface area contributed by atoms with Crippen molar-refractivity contribution in [3.63, 3.8) is 0 Å². The molecule has 0 aliphatic rings. The number of rotatable bonds is 3. The number of halogens is 2. The van der Waals surface area contributed by atoms with E-state index >= 15 is 0 Å². The molecular weight excluding hydrogens is 409 g/mol. The van der Waals surface area contributed by atoms with Crippen LogP contribution in [0.1, 0.15) is 10.4 Å². The number of anilines is 2. The van der Waals surface area contributed by atoms with E-state index in [2.05, 4.69) is 27.9 Å². The van der Waals surface area contributed by atoms with E-state index in [4.69, 9.17) is 17.3 Å². The molecule has 8 heteroatoms. The Kier molecular flexibility index (Phi) is 4.63. The van der Waals surface area contributed by atoms with Gasteiger partial charge in [-0.3, -0.25) is 14.9 Å². The van der Waals surface area contributed by atoms with E-state index in [0.29, 0.717) is 5.69 Å². The highest BCUT2D eigenvalue weighted by atomic mass is 127. The van der Waals surface area contributed by atoms with Gasteiger partial charge in [0.25, 0.3) is 11.6 Å². The molecule has 0 saturated heterocycles. The first-order valence-corrected chi connectivity index (χ1v) is 7.14. The second kappa shape index (κ2) is 6.27. The van der Waals surface area contributed by atoms with Gasteiger partial charge in [0.1, 0.15) is 5.69 Å². The number of amides is 1. The molecule has 108 valence electrons. The molecule has 0 heterocycles. The number of nitrogens with two attached hydrogens (primary N) is 1. The fraction of sp³-hybridized carbons (Fsp3) is 0. The maximum atomic E-state index is 12.1. The van der Waals surface area contributed by atoms with Crippen LogP contribution in [-0.4, -0.2) is 10.8 Å². The third-order valence-electron chi connectivity index (χ3n) is 2.67. The SMILES string of the molecule is Nc1c(Cl)cc(C(=O)Nc2ccc(I)cc2)cc1[N+](=O)[O-]. The smallest absolute Gasteiger partial charge is 0.294 e. The molecule has 2 rings (SSSR count). The van der Waals surface area contributed by atoms with Gasteiger partial charge in [0, 0.05) is 20.9 Å². The lowest BCUT2D eigenvalue weighted by molar-refractivity contribution is -0.383. The molecule has 0 spiro atoms. The maximum absolute atomic E-state index is 12.1. The minimum absolute atomic E-state index is 0.0306. The zero-order valence-electron chi connectivity index (χ0n) is 10.5. The van der Waals surface area contributed by atoms with Crippen molar-refractivity contribution in [2.24, 2.45) is 0 Å². The van der Waals surface area contributed by atoms with Crippen molar-refractivity contribution in [3.8, 4) is 0 Å². The highest BCUT2D eigenvalue weighted by Crippen LogP contribution is 2.31. The summed E-state index contributed by atoms with van der Waals surface area (Å²) in [7, 11) is 0. The molecule has 0 aliphatic heterocycles. The number of nitro groups is 1. The number of nitrogens with one attached hydrogen (secondary N) is 1. The van der Waals surface area contributed by atoms with Crippen molar-refractivity contribution in [3.05, 3.63) is 60.7 Å². The molecule has 0 fully saturated rings. The third kappa shape index (κ3) is 3.61. The van der Waals surface area contributed by atoms with Crippen molar-refractivity contribution in [1.82, 2.24) is 0 Å². The molecule has 21 heavy (non-hydrogen) atoms. The Labute approximate surface area is 138 Å². The number of hydrogen-bond donors (Lipinski definition) is 2. The second-order valence-electron chi connectivity index (χ2n) is 4.11. The Hall–Kier alpha value is -1.87. The first-order valence-electron chi connectivity index (χ1n) is 5.69. The van der Waals surface area contributed by atoms with E-state index in [1.54, 1.807) is 12.1 Å². The summed E-state index contributed by atoms with van der Waals surface area (Å²) in [6.45, 7) is 0. The fourth-order valence-electron chi connectivity index (χ4n) is 1.62. The van der Waals surface area contributed by atoms with Crippen molar-refractivity contribution in [1.29, 1.82) is 0 Å². The molecule has 0 aromatic heterocycles. The molecule has 0 radical (unpaired) electrons. The topological polar surface area (TPSA) is 98.3 Å². The van der Waals surface area contributed by atoms with Crippen molar-refractivity contribution in [2.75, 3.05) is 11.1 Å². The summed E-state index contributed by atoms with van der Waals surface area (Å²) in [4.78, 5) is 22.3. The Balaban J connectivity index is 2.31. The summed E-state index contributed by atoms with van der Waals surface area (Å²) in [5, 5.41) is 13.5. The van der Waals surface area contributed by atoms with Crippen LogP contribution in [0, 0.1) is 13.7 Å². The number of nitro benzene ring substituents is 1. The van der Waals surface area contributed by atoms with Gasteiger partial charge in [-0.1, -0.05) is 11.6 Å². The van der Waals surface area contributed by atoms with E-state index < -0.39 is 16.5 Å². The monoisotopic (exact) mass is 417 g/mol. The Bertz CT molecular complexity index is 719. The lowest BCUT2D eigenvalue weighted by Crippen LogP contribution is -2.12. The molecule has 0 unspecified atom stereocenters. The van der Waals surface area contributed by atoms with Gasteiger partial charge in [-0.05, 0) is 52.9 Å². The van der Waals surface area contributed by atoms with E-state index in [1.807, 2.05) is 12.1 Å². The van der Waals surface area contributed by atoms with Gasteiger partial charge < -0.3 is 11.1 Å². The molecule has 0 atom stereocenters. The van der Waals surface area contributed by atoms with Gasteiger partial charge in [-0.15, -0.1) is 0 Å².